The third kappa shape index (κ3) is 3.27. The minimum absolute atomic E-state index is 0.00111. The van der Waals surface area contributed by atoms with Crippen LogP contribution >= 0.6 is 31.9 Å². The van der Waals surface area contributed by atoms with Crippen molar-refractivity contribution >= 4 is 37.5 Å². The van der Waals surface area contributed by atoms with Gasteiger partial charge in [0.25, 0.3) is 0 Å². The predicted molar refractivity (Wildman–Crippen MR) is 90.2 cm³/mol. The first kappa shape index (κ1) is 15.6. The Morgan fingerprint density at radius 2 is 1.75 bits per heavy atom. The summed E-state index contributed by atoms with van der Waals surface area (Å²) in [6, 6.07) is 8.43. The molecule has 0 radical (unpaired) electrons. The number of furan rings is 1. The van der Waals surface area contributed by atoms with E-state index in [0.29, 0.717) is 11.2 Å². The minimum atomic E-state index is -0.00111. The number of benzene rings is 1. The average molecular weight is 402 g/mol. The van der Waals surface area contributed by atoms with Gasteiger partial charge in [0.15, 0.2) is 4.67 Å². The third-order valence-electron chi connectivity index (χ3n) is 3.30. The topological polar surface area (TPSA) is 42.4 Å². The fourth-order valence-electron chi connectivity index (χ4n) is 2.33. The van der Waals surface area contributed by atoms with Gasteiger partial charge in [0, 0.05) is 19.3 Å². The number of anilines is 1. The number of halogens is 2. The second kappa shape index (κ2) is 6.33. The van der Waals surface area contributed by atoms with Gasteiger partial charge in [-0.3, -0.25) is 0 Å². The standard InChI is InChI=1S/C15H18Br2N2O/c1-9-4-10(2)6-11(5-9)19(3)13(8-18)14-7-12(16)15(17)20-14/h4-7,13H,8,18H2,1-3H3. The molecule has 3 nitrogen and oxygen atoms in total. The van der Waals surface area contributed by atoms with Crippen LogP contribution in [0.25, 0.3) is 0 Å². The maximum absolute atomic E-state index is 5.95. The lowest BCUT2D eigenvalue weighted by Crippen LogP contribution is -2.30. The van der Waals surface area contributed by atoms with Gasteiger partial charge in [0.2, 0.25) is 0 Å². The van der Waals surface area contributed by atoms with Crippen LogP contribution in [0.5, 0.6) is 0 Å². The van der Waals surface area contributed by atoms with Crippen LogP contribution in [0.1, 0.15) is 22.9 Å². The lowest BCUT2D eigenvalue weighted by molar-refractivity contribution is 0.443. The molecule has 5 heteroatoms. The average Bonchev–Trinajstić information content (AvgIpc) is 2.69. The lowest BCUT2D eigenvalue weighted by Gasteiger charge is -2.28. The molecule has 1 unspecified atom stereocenters. The summed E-state index contributed by atoms with van der Waals surface area (Å²) in [5, 5.41) is 0. The Kier molecular flexibility index (Phi) is 4.94. The number of nitrogens with zero attached hydrogens (tertiary/aromatic N) is 1. The van der Waals surface area contributed by atoms with Crippen molar-refractivity contribution in [1.29, 1.82) is 0 Å². The van der Waals surface area contributed by atoms with Crippen LogP contribution in [-0.4, -0.2) is 13.6 Å². The molecule has 0 saturated heterocycles. The Morgan fingerprint density at radius 1 is 1.15 bits per heavy atom. The van der Waals surface area contributed by atoms with Crippen molar-refractivity contribution in [2.75, 3.05) is 18.5 Å². The van der Waals surface area contributed by atoms with Crippen molar-refractivity contribution in [3.63, 3.8) is 0 Å². The molecule has 0 amide bonds. The molecule has 2 aromatic rings. The summed E-state index contributed by atoms with van der Waals surface area (Å²) in [6.07, 6.45) is 0. The quantitative estimate of drug-likeness (QED) is 0.816. The number of aryl methyl sites for hydroxylation is 2. The van der Waals surface area contributed by atoms with E-state index in [1.807, 2.05) is 13.1 Å². The second-order valence-corrected chi connectivity index (χ2v) is 6.55. The molecule has 20 heavy (non-hydrogen) atoms. The summed E-state index contributed by atoms with van der Waals surface area (Å²) in [7, 11) is 2.04. The van der Waals surface area contributed by atoms with Crippen LogP contribution in [0.2, 0.25) is 0 Å². The molecular formula is C15H18Br2N2O. The molecule has 1 aromatic heterocycles. The van der Waals surface area contributed by atoms with E-state index in [1.54, 1.807) is 0 Å². The monoisotopic (exact) mass is 400 g/mol. The fraction of sp³-hybridized carbons (Fsp3) is 0.333. The molecule has 1 atom stereocenters. The van der Waals surface area contributed by atoms with E-state index >= 15 is 0 Å². The van der Waals surface area contributed by atoms with Gasteiger partial charge in [-0.1, -0.05) is 6.07 Å². The molecule has 2 N–H and O–H groups in total. The van der Waals surface area contributed by atoms with Crippen molar-refractivity contribution in [2.45, 2.75) is 19.9 Å². The van der Waals surface area contributed by atoms with Gasteiger partial charge in [-0.2, -0.15) is 0 Å². The van der Waals surface area contributed by atoms with Gasteiger partial charge >= 0.3 is 0 Å². The summed E-state index contributed by atoms with van der Waals surface area (Å²) in [5.74, 6) is 0.841. The molecule has 1 heterocycles. The van der Waals surface area contributed by atoms with E-state index in [1.165, 1.54) is 11.1 Å². The van der Waals surface area contributed by atoms with E-state index in [2.05, 4.69) is 68.8 Å². The molecule has 2 rings (SSSR count). The van der Waals surface area contributed by atoms with Crippen molar-refractivity contribution in [3.8, 4) is 0 Å². The lowest BCUT2D eigenvalue weighted by atomic mass is 10.1. The summed E-state index contributed by atoms with van der Waals surface area (Å²) in [6.45, 7) is 4.68. The van der Waals surface area contributed by atoms with E-state index in [0.717, 1.165) is 15.9 Å². The maximum atomic E-state index is 5.95. The Labute approximate surface area is 136 Å². The van der Waals surface area contributed by atoms with Gasteiger partial charge in [-0.15, -0.1) is 0 Å². The highest BCUT2D eigenvalue weighted by Crippen LogP contribution is 2.33. The maximum Gasteiger partial charge on any atom is 0.183 e. The molecule has 0 aliphatic carbocycles. The number of likely N-dealkylation sites (N-methyl/N-ethyl adjacent to an activating group) is 1. The van der Waals surface area contributed by atoms with Crippen molar-refractivity contribution in [2.24, 2.45) is 5.73 Å². The summed E-state index contributed by atoms with van der Waals surface area (Å²) in [4.78, 5) is 2.15. The molecular weight excluding hydrogens is 384 g/mol. The predicted octanol–water partition coefficient (Wildman–Crippen LogP) is 4.56. The zero-order valence-electron chi connectivity index (χ0n) is 11.8. The van der Waals surface area contributed by atoms with Crippen LogP contribution in [0, 0.1) is 13.8 Å². The highest BCUT2D eigenvalue weighted by Gasteiger charge is 2.21. The van der Waals surface area contributed by atoms with E-state index in [-0.39, 0.29) is 6.04 Å². The second-order valence-electron chi connectivity index (χ2n) is 4.98. The molecule has 0 spiro atoms. The summed E-state index contributed by atoms with van der Waals surface area (Å²) >= 11 is 6.81. The van der Waals surface area contributed by atoms with E-state index in [9.17, 15) is 0 Å². The van der Waals surface area contributed by atoms with Crippen LogP contribution in [0.4, 0.5) is 5.69 Å². The minimum Gasteiger partial charge on any atom is -0.451 e. The van der Waals surface area contributed by atoms with Crippen molar-refractivity contribution in [1.82, 2.24) is 0 Å². The highest BCUT2D eigenvalue weighted by molar-refractivity contribution is 9.13. The normalized spacial score (nSPS) is 12.5. The fourth-order valence-corrected chi connectivity index (χ4v) is 2.93. The highest BCUT2D eigenvalue weighted by atomic mass is 79.9. The zero-order chi connectivity index (χ0) is 14.9. The van der Waals surface area contributed by atoms with E-state index in [4.69, 9.17) is 10.2 Å². The summed E-state index contributed by atoms with van der Waals surface area (Å²) in [5.41, 5.74) is 9.57. The van der Waals surface area contributed by atoms with Gasteiger partial charge < -0.3 is 15.1 Å². The van der Waals surface area contributed by atoms with Gasteiger partial charge in [-0.05, 0) is 75.0 Å². The van der Waals surface area contributed by atoms with E-state index < -0.39 is 0 Å². The van der Waals surface area contributed by atoms with Crippen LogP contribution in [0.15, 0.2) is 37.8 Å². The molecule has 1 aromatic carbocycles. The SMILES string of the molecule is Cc1cc(C)cc(N(C)C(CN)c2cc(Br)c(Br)o2)c1. The van der Waals surface area contributed by atoms with Gasteiger partial charge in [0.05, 0.1) is 10.5 Å². The summed E-state index contributed by atoms with van der Waals surface area (Å²) < 4.78 is 7.32. The Bertz CT molecular complexity index is 570. The van der Waals surface area contributed by atoms with Crippen LogP contribution < -0.4 is 10.6 Å². The Morgan fingerprint density at radius 3 is 2.20 bits per heavy atom. The molecule has 0 saturated carbocycles. The first-order valence-electron chi connectivity index (χ1n) is 6.38. The molecule has 0 fully saturated rings. The molecule has 0 aliphatic heterocycles. The largest absolute Gasteiger partial charge is 0.451 e. The van der Waals surface area contributed by atoms with Gasteiger partial charge in [0.1, 0.15) is 5.76 Å². The zero-order valence-corrected chi connectivity index (χ0v) is 15.0. The number of hydrogen-bond donors (Lipinski definition) is 1. The van der Waals surface area contributed by atoms with Crippen molar-refractivity contribution < 1.29 is 4.42 Å². The van der Waals surface area contributed by atoms with Crippen LogP contribution in [0.3, 0.4) is 0 Å². The number of nitrogens with two attached hydrogens (primary N) is 1. The van der Waals surface area contributed by atoms with Gasteiger partial charge in [-0.25, -0.2) is 0 Å². The third-order valence-corrected chi connectivity index (χ3v) is 5.01. The molecule has 108 valence electrons. The van der Waals surface area contributed by atoms with Crippen LogP contribution in [-0.2, 0) is 0 Å². The first-order chi connectivity index (χ1) is 9.42. The molecule has 0 aliphatic rings. The van der Waals surface area contributed by atoms with Crippen molar-refractivity contribution in [3.05, 3.63) is 50.3 Å². The molecule has 0 bridgehead atoms. The number of rotatable bonds is 4. The smallest absolute Gasteiger partial charge is 0.183 e. The first-order valence-corrected chi connectivity index (χ1v) is 7.97. The Balaban J connectivity index is 2.35. The Hall–Kier alpha value is -0.780. The number of hydrogen-bond acceptors (Lipinski definition) is 3.